The van der Waals surface area contributed by atoms with E-state index >= 15 is 0 Å². The minimum atomic E-state index is -1.54. The van der Waals surface area contributed by atoms with Crippen LogP contribution in [0.3, 0.4) is 0 Å². The summed E-state index contributed by atoms with van der Waals surface area (Å²) in [6.45, 7) is 2.25. The van der Waals surface area contributed by atoms with Crippen molar-refractivity contribution in [3.05, 3.63) is 0 Å². The average Bonchev–Trinajstić information content (AvgIpc) is 2.57. The number of aliphatic hydroxyl groups is 1. The van der Waals surface area contributed by atoms with Crippen molar-refractivity contribution in [3.8, 4) is 0 Å². The zero-order chi connectivity index (χ0) is 18.0. The van der Waals surface area contributed by atoms with Gasteiger partial charge in [-0.25, -0.2) is 4.79 Å². The molecule has 0 fully saturated rings. The van der Waals surface area contributed by atoms with Gasteiger partial charge < -0.3 is 10.2 Å². The topological polar surface area (TPSA) is 74.6 Å². The Kier molecular flexibility index (Phi) is 16.3. The Hall–Kier alpha value is -0.900. The molecule has 4 heteroatoms. The minimum Gasteiger partial charge on any atom is -0.475 e. The molecule has 0 aliphatic carbocycles. The second-order valence-electron chi connectivity index (χ2n) is 6.92. The summed E-state index contributed by atoms with van der Waals surface area (Å²) < 4.78 is 0. The summed E-state index contributed by atoms with van der Waals surface area (Å²) in [5, 5.41) is 17.8. The predicted molar refractivity (Wildman–Crippen MR) is 98.2 cm³/mol. The van der Waals surface area contributed by atoms with Gasteiger partial charge in [-0.3, -0.25) is 4.79 Å². The number of carbonyl (C=O) groups is 2. The lowest BCUT2D eigenvalue weighted by Crippen LogP contribution is -2.27. The number of Topliss-reactive ketones (excluding diaryl/α,β-unsaturated/α-hetero) is 1. The molecule has 0 aliphatic heterocycles. The summed E-state index contributed by atoms with van der Waals surface area (Å²) >= 11 is 0. The molecule has 0 bridgehead atoms. The number of hydrogen-bond donors (Lipinski definition) is 2. The molecule has 0 aromatic rings. The lowest BCUT2D eigenvalue weighted by Gasteiger charge is -2.06. The number of hydrogen-bond acceptors (Lipinski definition) is 3. The molecular weight excluding hydrogens is 304 g/mol. The van der Waals surface area contributed by atoms with E-state index in [-0.39, 0.29) is 6.42 Å². The first-order valence-corrected chi connectivity index (χ1v) is 10.0. The average molecular weight is 343 g/mol. The van der Waals surface area contributed by atoms with E-state index in [0.717, 1.165) is 19.3 Å². The third-order valence-electron chi connectivity index (χ3n) is 4.59. The van der Waals surface area contributed by atoms with E-state index < -0.39 is 17.9 Å². The van der Waals surface area contributed by atoms with Crippen LogP contribution >= 0.6 is 0 Å². The van der Waals surface area contributed by atoms with Crippen molar-refractivity contribution >= 4 is 11.8 Å². The highest BCUT2D eigenvalue weighted by atomic mass is 16.4. The number of aliphatic hydroxyl groups excluding tert-OH is 1. The molecule has 0 saturated heterocycles. The maximum atomic E-state index is 11.0. The Labute approximate surface area is 148 Å². The van der Waals surface area contributed by atoms with Gasteiger partial charge in [0.1, 0.15) is 6.10 Å². The number of unbranched alkanes of at least 4 members (excludes halogenated alkanes) is 14. The number of rotatable bonds is 18. The van der Waals surface area contributed by atoms with E-state index in [2.05, 4.69) is 6.92 Å². The molecule has 0 rings (SSSR count). The summed E-state index contributed by atoms with van der Waals surface area (Å²) in [6.07, 6.45) is 17.8. The standard InChI is InChI=1S/C20H38O4/c1-2-3-4-5-6-7-8-9-10-11-12-13-14-15-16-17-18(21)19(22)20(23)24/h18,21H,2-17H2,1H3,(H,23,24). The monoisotopic (exact) mass is 342 g/mol. The zero-order valence-corrected chi connectivity index (χ0v) is 15.6. The molecule has 1 unspecified atom stereocenters. The fourth-order valence-electron chi connectivity index (χ4n) is 2.98. The lowest BCUT2D eigenvalue weighted by atomic mass is 10.0. The van der Waals surface area contributed by atoms with Crippen molar-refractivity contribution < 1.29 is 19.8 Å². The largest absolute Gasteiger partial charge is 0.475 e. The Morgan fingerprint density at radius 1 is 0.667 bits per heavy atom. The van der Waals surface area contributed by atoms with Gasteiger partial charge in [-0.05, 0) is 6.42 Å². The lowest BCUT2D eigenvalue weighted by molar-refractivity contribution is -0.153. The summed E-state index contributed by atoms with van der Waals surface area (Å²) in [7, 11) is 0. The van der Waals surface area contributed by atoms with Crippen LogP contribution in [0.5, 0.6) is 0 Å². The van der Waals surface area contributed by atoms with Gasteiger partial charge in [0.2, 0.25) is 0 Å². The van der Waals surface area contributed by atoms with E-state index in [1.165, 1.54) is 77.0 Å². The predicted octanol–water partition coefficient (Wildman–Crippen LogP) is 5.26. The van der Waals surface area contributed by atoms with Gasteiger partial charge in [0, 0.05) is 0 Å². The molecule has 24 heavy (non-hydrogen) atoms. The molecule has 2 N–H and O–H groups in total. The number of carbonyl (C=O) groups excluding carboxylic acids is 1. The number of aliphatic carboxylic acids is 1. The quantitative estimate of drug-likeness (QED) is 0.263. The van der Waals surface area contributed by atoms with Crippen molar-refractivity contribution in [2.24, 2.45) is 0 Å². The Morgan fingerprint density at radius 3 is 1.33 bits per heavy atom. The van der Waals surface area contributed by atoms with Crippen molar-refractivity contribution in [1.29, 1.82) is 0 Å². The van der Waals surface area contributed by atoms with E-state index in [0.29, 0.717) is 0 Å². The molecule has 0 saturated carbocycles. The minimum absolute atomic E-state index is 0.267. The first-order chi connectivity index (χ1) is 11.6. The van der Waals surface area contributed by atoms with Gasteiger partial charge in [-0.15, -0.1) is 0 Å². The Morgan fingerprint density at radius 2 is 1.00 bits per heavy atom. The van der Waals surface area contributed by atoms with Crippen LogP contribution in [0.25, 0.3) is 0 Å². The molecule has 0 heterocycles. The highest BCUT2D eigenvalue weighted by Gasteiger charge is 2.21. The van der Waals surface area contributed by atoms with Crippen molar-refractivity contribution in [1.82, 2.24) is 0 Å². The second-order valence-corrected chi connectivity index (χ2v) is 6.92. The van der Waals surface area contributed by atoms with Gasteiger partial charge in [0.05, 0.1) is 0 Å². The molecular formula is C20H38O4. The van der Waals surface area contributed by atoms with Gasteiger partial charge in [-0.2, -0.15) is 0 Å². The van der Waals surface area contributed by atoms with Crippen LogP contribution in [-0.4, -0.2) is 28.1 Å². The van der Waals surface area contributed by atoms with Crippen LogP contribution in [-0.2, 0) is 9.59 Å². The van der Waals surface area contributed by atoms with E-state index in [1.54, 1.807) is 0 Å². The molecule has 4 nitrogen and oxygen atoms in total. The van der Waals surface area contributed by atoms with Crippen molar-refractivity contribution in [3.63, 3.8) is 0 Å². The van der Waals surface area contributed by atoms with E-state index in [4.69, 9.17) is 5.11 Å². The van der Waals surface area contributed by atoms with Crippen LogP contribution < -0.4 is 0 Å². The van der Waals surface area contributed by atoms with Crippen LogP contribution in [0.15, 0.2) is 0 Å². The fourth-order valence-corrected chi connectivity index (χ4v) is 2.98. The summed E-state index contributed by atoms with van der Waals surface area (Å²) in [5.74, 6) is -2.62. The highest BCUT2D eigenvalue weighted by molar-refractivity contribution is 6.34. The summed E-state index contributed by atoms with van der Waals surface area (Å²) in [6, 6.07) is 0. The highest BCUT2D eigenvalue weighted by Crippen LogP contribution is 2.14. The van der Waals surface area contributed by atoms with Crippen LogP contribution in [0.2, 0.25) is 0 Å². The normalized spacial score (nSPS) is 12.2. The van der Waals surface area contributed by atoms with Crippen LogP contribution in [0.1, 0.15) is 110 Å². The molecule has 0 amide bonds. The number of ketones is 1. The van der Waals surface area contributed by atoms with E-state index in [1.807, 2.05) is 0 Å². The molecule has 0 aliphatic rings. The molecule has 0 radical (unpaired) electrons. The maximum Gasteiger partial charge on any atom is 0.374 e. The maximum absolute atomic E-state index is 11.0. The first-order valence-electron chi connectivity index (χ1n) is 10.0. The Balaban J connectivity index is 3.18. The second kappa shape index (κ2) is 16.9. The van der Waals surface area contributed by atoms with Gasteiger partial charge in [0.15, 0.2) is 0 Å². The van der Waals surface area contributed by atoms with Crippen LogP contribution in [0, 0.1) is 0 Å². The smallest absolute Gasteiger partial charge is 0.374 e. The molecule has 0 spiro atoms. The summed E-state index contributed by atoms with van der Waals surface area (Å²) in [4.78, 5) is 21.4. The number of carboxylic acid groups (broad SMARTS) is 1. The number of carboxylic acids is 1. The first kappa shape index (κ1) is 23.1. The third kappa shape index (κ3) is 14.7. The van der Waals surface area contributed by atoms with Gasteiger partial charge >= 0.3 is 5.97 Å². The molecule has 0 aromatic heterocycles. The SMILES string of the molecule is CCCCCCCCCCCCCCCCCC(O)C(=O)C(=O)O. The third-order valence-corrected chi connectivity index (χ3v) is 4.59. The molecule has 1 atom stereocenters. The molecule has 142 valence electrons. The molecule has 0 aromatic carbocycles. The van der Waals surface area contributed by atoms with E-state index in [9.17, 15) is 14.7 Å². The van der Waals surface area contributed by atoms with Crippen molar-refractivity contribution in [2.75, 3.05) is 0 Å². The zero-order valence-electron chi connectivity index (χ0n) is 15.6. The van der Waals surface area contributed by atoms with Gasteiger partial charge in [0.25, 0.3) is 5.78 Å². The van der Waals surface area contributed by atoms with Gasteiger partial charge in [-0.1, -0.05) is 103 Å². The fraction of sp³-hybridized carbons (Fsp3) is 0.900. The van der Waals surface area contributed by atoms with Crippen molar-refractivity contribution in [2.45, 2.75) is 116 Å². The summed E-state index contributed by atoms with van der Waals surface area (Å²) in [5.41, 5.74) is 0. The van der Waals surface area contributed by atoms with Crippen LogP contribution in [0.4, 0.5) is 0 Å². The Bertz CT molecular complexity index is 315.